The lowest BCUT2D eigenvalue weighted by molar-refractivity contribution is 0.100. The number of hydrogen-bond acceptors (Lipinski definition) is 3. The van der Waals surface area contributed by atoms with Crippen LogP contribution in [0.1, 0.15) is 39.7 Å². The molecule has 1 aromatic rings. The Balaban J connectivity index is 2.43. The summed E-state index contributed by atoms with van der Waals surface area (Å²) in [5.74, 6) is 0.865. The summed E-state index contributed by atoms with van der Waals surface area (Å²) in [6.07, 6.45) is 1.04. The molecule has 1 aromatic carbocycles. The molecule has 4 heteroatoms. The average molecular weight is 344 g/mol. The molecule has 0 heterocycles. The molecule has 0 aliphatic rings. The van der Waals surface area contributed by atoms with E-state index in [9.17, 15) is 0 Å². The van der Waals surface area contributed by atoms with Gasteiger partial charge in [-0.3, -0.25) is 0 Å². The molecule has 1 rings (SSSR count). The molecular weight excluding hydrogens is 318 g/mol. The number of rotatable bonds is 8. The molecule has 0 spiro atoms. The van der Waals surface area contributed by atoms with Crippen molar-refractivity contribution in [2.45, 2.75) is 46.2 Å². The maximum Gasteiger partial charge on any atom is 0.133 e. The van der Waals surface area contributed by atoms with Crippen LogP contribution in [0.25, 0.3) is 0 Å². The van der Waals surface area contributed by atoms with Gasteiger partial charge in [0, 0.05) is 18.7 Å². The van der Waals surface area contributed by atoms with Crippen LogP contribution in [0.3, 0.4) is 0 Å². The van der Waals surface area contributed by atoms with Crippen LogP contribution in [0.15, 0.2) is 22.7 Å². The molecule has 0 aliphatic heterocycles. The van der Waals surface area contributed by atoms with Gasteiger partial charge in [-0.2, -0.15) is 0 Å². The maximum atomic E-state index is 5.69. The topological polar surface area (TPSA) is 30.5 Å². The molecule has 0 saturated heterocycles. The summed E-state index contributed by atoms with van der Waals surface area (Å²) in [6, 6.07) is 6.19. The fourth-order valence-corrected chi connectivity index (χ4v) is 2.14. The summed E-state index contributed by atoms with van der Waals surface area (Å²) >= 11 is 3.56. The van der Waals surface area contributed by atoms with Crippen LogP contribution in [0.2, 0.25) is 0 Å². The van der Waals surface area contributed by atoms with Crippen molar-refractivity contribution in [3.8, 4) is 5.75 Å². The fourth-order valence-electron chi connectivity index (χ4n) is 1.60. The average Bonchev–Trinajstić information content (AvgIpc) is 2.37. The van der Waals surface area contributed by atoms with Crippen molar-refractivity contribution in [3.05, 3.63) is 28.2 Å². The zero-order valence-corrected chi connectivity index (χ0v) is 14.5. The largest absolute Gasteiger partial charge is 0.490 e. The summed E-state index contributed by atoms with van der Waals surface area (Å²) in [7, 11) is 0. The Kier molecular flexibility index (Phi) is 7.56. The third-order valence-corrected chi connectivity index (χ3v) is 3.27. The Labute approximate surface area is 131 Å². The van der Waals surface area contributed by atoms with Gasteiger partial charge in [0.1, 0.15) is 12.4 Å². The molecule has 0 amide bonds. The van der Waals surface area contributed by atoms with Gasteiger partial charge < -0.3 is 14.8 Å². The van der Waals surface area contributed by atoms with Crippen molar-refractivity contribution in [1.82, 2.24) is 5.32 Å². The second-order valence-electron chi connectivity index (χ2n) is 5.83. The van der Waals surface area contributed by atoms with Crippen LogP contribution in [0, 0.1) is 0 Å². The van der Waals surface area contributed by atoms with E-state index in [1.165, 1.54) is 5.56 Å². The zero-order chi connectivity index (χ0) is 15.0. The number of hydrogen-bond donors (Lipinski definition) is 1. The molecule has 0 radical (unpaired) electrons. The molecule has 20 heavy (non-hydrogen) atoms. The number of benzene rings is 1. The first kappa shape index (κ1) is 17.5. The monoisotopic (exact) mass is 343 g/mol. The molecule has 0 aromatic heterocycles. The Morgan fingerprint density at radius 3 is 2.50 bits per heavy atom. The smallest absolute Gasteiger partial charge is 0.133 e. The highest BCUT2D eigenvalue weighted by atomic mass is 79.9. The zero-order valence-electron chi connectivity index (χ0n) is 13.0. The third-order valence-electron chi connectivity index (χ3n) is 2.65. The minimum Gasteiger partial charge on any atom is -0.490 e. The lowest BCUT2D eigenvalue weighted by Gasteiger charge is -2.20. The van der Waals surface area contributed by atoms with Crippen molar-refractivity contribution in [3.63, 3.8) is 0 Å². The molecule has 3 nitrogen and oxygen atoms in total. The normalized spacial score (nSPS) is 11.7. The van der Waals surface area contributed by atoms with Crippen molar-refractivity contribution < 1.29 is 9.47 Å². The lowest BCUT2D eigenvalue weighted by Crippen LogP contribution is -2.35. The minimum atomic E-state index is 0.123. The van der Waals surface area contributed by atoms with Crippen LogP contribution < -0.4 is 10.1 Å². The van der Waals surface area contributed by atoms with Crippen molar-refractivity contribution in [2.24, 2.45) is 0 Å². The second kappa shape index (κ2) is 8.65. The van der Waals surface area contributed by atoms with Gasteiger partial charge in [-0.1, -0.05) is 13.0 Å². The van der Waals surface area contributed by atoms with E-state index in [1.807, 2.05) is 6.07 Å². The van der Waals surface area contributed by atoms with Crippen LogP contribution in [-0.2, 0) is 11.3 Å². The predicted octanol–water partition coefficient (Wildman–Crippen LogP) is 4.14. The standard InChI is InChI=1S/C16H26BrNO2/c1-5-8-19-9-10-20-15-7-6-13(11-14(15)17)12-18-16(2,3)4/h6-7,11,18H,5,8-10,12H2,1-4H3. The highest BCUT2D eigenvalue weighted by molar-refractivity contribution is 9.10. The molecule has 0 bridgehead atoms. The Hall–Kier alpha value is -0.580. The van der Waals surface area contributed by atoms with Gasteiger partial charge >= 0.3 is 0 Å². The highest BCUT2D eigenvalue weighted by Gasteiger charge is 2.09. The number of ether oxygens (including phenoxy) is 2. The summed E-state index contributed by atoms with van der Waals surface area (Å²) in [5, 5.41) is 3.47. The number of halogens is 1. The molecule has 0 atom stereocenters. The highest BCUT2D eigenvalue weighted by Crippen LogP contribution is 2.26. The molecule has 0 unspecified atom stereocenters. The number of nitrogens with one attached hydrogen (secondary N) is 1. The van der Waals surface area contributed by atoms with E-state index in [4.69, 9.17) is 9.47 Å². The van der Waals surface area contributed by atoms with E-state index >= 15 is 0 Å². The van der Waals surface area contributed by atoms with Crippen molar-refractivity contribution in [2.75, 3.05) is 19.8 Å². The minimum absolute atomic E-state index is 0.123. The van der Waals surface area contributed by atoms with Gasteiger partial charge in [0.2, 0.25) is 0 Å². The van der Waals surface area contributed by atoms with E-state index in [1.54, 1.807) is 0 Å². The van der Waals surface area contributed by atoms with Gasteiger partial charge in [-0.25, -0.2) is 0 Å². The van der Waals surface area contributed by atoms with Crippen LogP contribution in [-0.4, -0.2) is 25.4 Å². The molecule has 1 N–H and O–H groups in total. The van der Waals surface area contributed by atoms with Crippen molar-refractivity contribution >= 4 is 15.9 Å². The predicted molar refractivity (Wildman–Crippen MR) is 87.3 cm³/mol. The van der Waals surface area contributed by atoms with Crippen LogP contribution >= 0.6 is 15.9 Å². The summed E-state index contributed by atoms with van der Waals surface area (Å²) < 4.78 is 12.1. The first-order valence-electron chi connectivity index (χ1n) is 7.16. The Morgan fingerprint density at radius 2 is 1.90 bits per heavy atom. The van der Waals surface area contributed by atoms with Gasteiger partial charge in [0.25, 0.3) is 0 Å². The first-order valence-corrected chi connectivity index (χ1v) is 7.95. The maximum absolute atomic E-state index is 5.69. The lowest BCUT2D eigenvalue weighted by atomic mass is 10.1. The molecule has 0 fully saturated rings. The fraction of sp³-hybridized carbons (Fsp3) is 0.625. The van der Waals surface area contributed by atoms with Crippen molar-refractivity contribution in [1.29, 1.82) is 0 Å². The van der Waals surface area contributed by atoms with E-state index in [2.05, 4.69) is 61.1 Å². The summed E-state index contributed by atoms with van der Waals surface area (Å²) in [5.41, 5.74) is 1.36. The Bertz CT molecular complexity index is 402. The van der Waals surface area contributed by atoms with E-state index in [0.29, 0.717) is 13.2 Å². The van der Waals surface area contributed by atoms with E-state index < -0.39 is 0 Å². The quantitative estimate of drug-likeness (QED) is 0.719. The third kappa shape index (κ3) is 7.27. The Morgan fingerprint density at radius 1 is 1.15 bits per heavy atom. The second-order valence-corrected chi connectivity index (χ2v) is 6.68. The van der Waals surface area contributed by atoms with Gasteiger partial charge in [-0.15, -0.1) is 0 Å². The molecule has 0 saturated carbocycles. The first-order chi connectivity index (χ1) is 9.42. The SMILES string of the molecule is CCCOCCOc1ccc(CNC(C)(C)C)cc1Br. The summed E-state index contributed by atoms with van der Waals surface area (Å²) in [6.45, 7) is 11.4. The van der Waals surface area contributed by atoms with Gasteiger partial charge in [-0.05, 0) is 60.8 Å². The molecule has 0 aliphatic carbocycles. The van der Waals surface area contributed by atoms with Crippen LogP contribution in [0.5, 0.6) is 5.75 Å². The van der Waals surface area contributed by atoms with Gasteiger partial charge in [0.15, 0.2) is 0 Å². The molecular formula is C16H26BrNO2. The molecule has 114 valence electrons. The van der Waals surface area contributed by atoms with Gasteiger partial charge in [0.05, 0.1) is 11.1 Å². The summed E-state index contributed by atoms with van der Waals surface area (Å²) in [4.78, 5) is 0. The van der Waals surface area contributed by atoms with Crippen LogP contribution in [0.4, 0.5) is 0 Å². The van der Waals surface area contributed by atoms with E-state index in [0.717, 1.165) is 29.8 Å². The van der Waals surface area contributed by atoms with E-state index in [-0.39, 0.29) is 5.54 Å².